The minimum atomic E-state index is 0.234. The summed E-state index contributed by atoms with van der Waals surface area (Å²) in [5.41, 5.74) is 8.77. The molecular formula is C16H26N2. The van der Waals surface area contributed by atoms with E-state index >= 15 is 0 Å². The van der Waals surface area contributed by atoms with Crippen LogP contribution >= 0.6 is 0 Å². The van der Waals surface area contributed by atoms with Crippen LogP contribution in [0.5, 0.6) is 0 Å². The Labute approximate surface area is 111 Å². The summed E-state index contributed by atoms with van der Waals surface area (Å²) in [7, 11) is 0. The Hall–Kier alpha value is -1.02. The molecule has 1 aliphatic heterocycles. The second kappa shape index (κ2) is 6.24. The number of hydrogen-bond acceptors (Lipinski definition) is 2. The quantitative estimate of drug-likeness (QED) is 0.884. The molecule has 0 bridgehead atoms. The molecule has 2 atom stereocenters. The normalized spacial score (nSPS) is 21.9. The highest BCUT2D eigenvalue weighted by Gasteiger charge is 2.20. The molecule has 1 aliphatic rings. The van der Waals surface area contributed by atoms with E-state index in [0.717, 1.165) is 12.3 Å². The van der Waals surface area contributed by atoms with Gasteiger partial charge in [-0.05, 0) is 43.7 Å². The van der Waals surface area contributed by atoms with E-state index in [4.69, 9.17) is 5.73 Å². The van der Waals surface area contributed by atoms with Crippen molar-refractivity contribution in [3.63, 3.8) is 0 Å². The maximum Gasteiger partial charge on any atom is 0.0399 e. The predicted molar refractivity (Wildman–Crippen MR) is 79.0 cm³/mol. The molecule has 100 valence electrons. The molecule has 1 saturated heterocycles. The second-order valence-electron chi connectivity index (χ2n) is 5.67. The van der Waals surface area contributed by atoms with Crippen molar-refractivity contribution in [3.05, 3.63) is 29.8 Å². The Bertz CT molecular complexity index is 373. The third-order valence-corrected chi connectivity index (χ3v) is 3.97. The van der Waals surface area contributed by atoms with E-state index in [1.165, 1.54) is 43.6 Å². The number of benzene rings is 1. The van der Waals surface area contributed by atoms with Gasteiger partial charge in [0.25, 0.3) is 0 Å². The van der Waals surface area contributed by atoms with Crippen molar-refractivity contribution >= 4 is 5.69 Å². The van der Waals surface area contributed by atoms with Gasteiger partial charge in [0.15, 0.2) is 0 Å². The molecular weight excluding hydrogens is 220 g/mol. The predicted octanol–water partition coefficient (Wildman–Crippen LogP) is 3.20. The highest BCUT2D eigenvalue weighted by molar-refractivity contribution is 5.54. The number of nitrogens with two attached hydrogens (primary N) is 1. The van der Waals surface area contributed by atoms with Crippen LogP contribution in [0.4, 0.5) is 5.69 Å². The van der Waals surface area contributed by atoms with Crippen LogP contribution in [0.3, 0.4) is 0 Å². The average molecular weight is 246 g/mol. The molecule has 0 amide bonds. The first-order chi connectivity index (χ1) is 8.70. The summed E-state index contributed by atoms with van der Waals surface area (Å²) in [6.45, 7) is 6.81. The largest absolute Gasteiger partial charge is 0.371 e. The van der Waals surface area contributed by atoms with Gasteiger partial charge in [-0.1, -0.05) is 31.5 Å². The Morgan fingerprint density at radius 3 is 2.89 bits per heavy atom. The lowest BCUT2D eigenvalue weighted by atomic mass is 9.94. The maximum absolute atomic E-state index is 5.96. The summed E-state index contributed by atoms with van der Waals surface area (Å²) in [6, 6.07) is 9.00. The van der Waals surface area contributed by atoms with Crippen LogP contribution in [0.15, 0.2) is 24.3 Å². The van der Waals surface area contributed by atoms with Crippen molar-refractivity contribution in [2.75, 3.05) is 18.0 Å². The number of anilines is 1. The summed E-state index contributed by atoms with van der Waals surface area (Å²) in [5.74, 6) is 0.863. The van der Waals surface area contributed by atoms with Gasteiger partial charge in [0.2, 0.25) is 0 Å². The van der Waals surface area contributed by atoms with E-state index in [9.17, 15) is 0 Å². The van der Waals surface area contributed by atoms with Gasteiger partial charge < -0.3 is 10.6 Å². The molecule has 1 aromatic rings. The first-order valence-electron chi connectivity index (χ1n) is 7.29. The van der Waals surface area contributed by atoms with Crippen LogP contribution in [0.1, 0.15) is 38.7 Å². The van der Waals surface area contributed by atoms with Gasteiger partial charge in [0, 0.05) is 24.8 Å². The Morgan fingerprint density at radius 2 is 2.17 bits per heavy atom. The summed E-state index contributed by atoms with van der Waals surface area (Å²) in [5, 5.41) is 0. The summed E-state index contributed by atoms with van der Waals surface area (Å²) >= 11 is 0. The lowest BCUT2D eigenvalue weighted by Gasteiger charge is -2.35. The van der Waals surface area contributed by atoms with Gasteiger partial charge in [0.05, 0.1) is 0 Å². The number of nitrogens with zero attached hydrogens (tertiary/aromatic N) is 1. The highest BCUT2D eigenvalue weighted by Crippen LogP contribution is 2.28. The van der Waals surface area contributed by atoms with Gasteiger partial charge in [-0.3, -0.25) is 0 Å². The van der Waals surface area contributed by atoms with Crippen molar-refractivity contribution in [3.8, 4) is 0 Å². The molecule has 2 nitrogen and oxygen atoms in total. The lowest BCUT2D eigenvalue weighted by molar-refractivity contribution is 0.404. The van der Waals surface area contributed by atoms with E-state index in [0.29, 0.717) is 0 Å². The molecule has 2 heteroatoms. The molecule has 2 rings (SSSR count). The van der Waals surface area contributed by atoms with Gasteiger partial charge in [0.1, 0.15) is 0 Å². The van der Waals surface area contributed by atoms with Gasteiger partial charge in [-0.25, -0.2) is 0 Å². The van der Waals surface area contributed by atoms with E-state index in [-0.39, 0.29) is 6.04 Å². The Balaban J connectivity index is 2.16. The standard InChI is InChI=1S/C16H26N2/c1-3-14-7-6-10-18(12-14)16-9-5-4-8-15(16)11-13(2)17/h4-5,8-9,13-14H,3,6-7,10-12,17H2,1-2H3. The van der Waals surface area contributed by atoms with Crippen LogP contribution in [-0.2, 0) is 6.42 Å². The van der Waals surface area contributed by atoms with Crippen LogP contribution in [0, 0.1) is 5.92 Å². The molecule has 18 heavy (non-hydrogen) atoms. The number of piperidine rings is 1. The molecule has 1 aromatic carbocycles. The van der Waals surface area contributed by atoms with Crippen molar-refractivity contribution in [1.82, 2.24) is 0 Å². The van der Waals surface area contributed by atoms with Crippen molar-refractivity contribution in [2.24, 2.45) is 11.7 Å². The summed E-state index contributed by atoms with van der Waals surface area (Å²) in [4.78, 5) is 2.56. The first-order valence-corrected chi connectivity index (χ1v) is 7.29. The molecule has 0 aromatic heterocycles. The van der Waals surface area contributed by atoms with Gasteiger partial charge >= 0.3 is 0 Å². The molecule has 0 aliphatic carbocycles. The van der Waals surface area contributed by atoms with E-state index < -0.39 is 0 Å². The zero-order chi connectivity index (χ0) is 13.0. The zero-order valence-corrected chi connectivity index (χ0v) is 11.7. The van der Waals surface area contributed by atoms with Gasteiger partial charge in [-0.2, -0.15) is 0 Å². The smallest absolute Gasteiger partial charge is 0.0399 e. The van der Waals surface area contributed by atoms with Crippen molar-refractivity contribution in [2.45, 2.75) is 45.6 Å². The van der Waals surface area contributed by atoms with E-state index in [2.05, 4.69) is 43.0 Å². The average Bonchev–Trinajstić information content (AvgIpc) is 2.39. The third kappa shape index (κ3) is 3.26. The molecule has 1 fully saturated rings. The number of rotatable bonds is 4. The summed E-state index contributed by atoms with van der Waals surface area (Å²) < 4.78 is 0. The third-order valence-electron chi connectivity index (χ3n) is 3.97. The van der Waals surface area contributed by atoms with Crippen LogP contribution in [-0.4, -0.2) is 19.1 Å². The van der Waals surface area contributed by atoms with Crippen LogP contribution < -0.4 is 10.6 Å². The fourth-order valence-electron chi connectivity index (χ4n) is 2.96. The Kier molecular flexibility index (Phi) is 4.65. The Morgan fingerprint density at radius 1 is 1.39 bits per heavy atom. The van der Waals surface area contributed by atoms with E-state index in [1.807, 2.05) is 0 Å². The SMILES string of the molecule is CCC1CCCN(c2ccccc2CC(C)N)C1. The fraction of sp³-hybridized carbons (Fsp3) is 0.625. The van der Waals surface area contributed by atoms with Gasteiger partial charge in [-0.15, -0.1) is 0 Å². The molecule has 2 N–H and O–H groups in total. The minimum absolute atomic E-state index is 0.234. The molecule has 1 heterocycles. The molecule has 0 saturated carbocycles. The maximum atomic E-state index is 5.96. The monoisotopic (exact) mass is 246 g/mol. The summed E-state index contributed by atoms with van der Waals surface area (Å²) in [6.07, 6.45) is 4.99. The topological polar surface area (TPSA) is 29.3 Å². The van der Waals surface area contributed by atoms with Crippen LogP contribution in [0.25, 0.3) is 0 Å². The second-order valence-corrected chi connectivity index (χ2v) is 5.67. The minimum Gasteiger partial charge on any atom is -0.371 e. The molecule has 0 radical (unpaired) electrons. The van der Waals surface area contributed by atoms with Crippen molar-refractivity contribution in [1.29, 1.82) is 0 Å². The zero-order valence-electron chi connectivity index (χ0n) is 11.7. The lowest BCUT2D eigenvalue weighted by Crippen LogP contribution is -2.36. The first kappa shape index (κ1) is 13.4. The highest BCUT2D eigenvalue weighted by atomic mass is 15.1. The van der Waals surface area contributed by atoms with E-state index in [1.54, 1.807) is 0 Å². The number of hydrogen-bond donors (Lipinski definition) is 1. The van der Waals surface area contributed by atoms with Crippen LogP contribution in [0.2, 0.25) is 0 Å². The van der Waals surface area contributed by atoms with Crippen molar-refractivity contribution < 1.29 is 0 Å². The molecule has 2 unspecified atom stereocenters. The fourth-order valence-corrected chi connectivity index (χ4v) is 2.96. The number of para-hydroxylation sites is 1. The molecule has 0 spiro atoms.